The van der Waals surface area contributed by atoms with Crippen molar-refractivity contribution in [2.75, 3.05) is 10.2 Å². The number of nitrogens with zero attached hydrogens (tertiary/aromatic N) is 1. The van der Waals surface area contributed by atoms with E-state index in [1.165, 1.54) is 0 Å². The van der Waals surface area contributed by atoms with Crippen LogP contribution in [-0.2, 0) is 4.79 Å². The number of benzene rings is 2. The Morgan fingerprint density at radius 3 is 2.22 bits per heavy atom. The Kier molecular flexibility index (Phi) is 4.39. The van der Waals surface area contributed by atoms with Gasteiger partial charge in [-0.3, -0.25) is 9.69 Å². The number of allylic oxidation sites excluding steroid dienone is 2. The minimum atomic E-state index is 0.0286. The number of hydrogen-bond donors (Lipinski definition) is 1. The fraction of sp³-hybridized carbons (Fsp3) is 0.292. The maximum Gasteiger partial charge on any atom is 0.279 e. The van der Waals surface area contributed by atoms with Gasteiger partial charge in [0, 0.05) is 16.9 Å². The summed E-state index contributed by atoms with van der Waals surface area (Å²) in [6.07, 6.45) is 4.16. The standard InChI is InChI=1S/C24H26N2O/c1-24(2,3)17-14-15-21-20(16-17)22(25-18-10-6-4-7-11-18)23(27)26(21)19-12-8-5-9-13-19/h4-13,15,17,25H,14,16H2,1-3H3/t17-/m1/s1. The van der Waals surface area contributed by atoms with Crippen molar-refractivity contribution in [2.24, 2.45) is 11.3 Å². The zero-order valence-electron chi connectivity index (χ0n) is 16.2. The van der Waals surface area contributed by atoms with Gasteiger partial charge in [0.2, 0.25) is 0 Å². The maximum absolute atomic E-state index is 13.4. The molecule has 1 amide bonds. The lowest BCUT2D eigenvalue weighted by Crippen LogP contribution is -2.28. The van der Waals surface area contributed by atoms with Gasteiger partial charge in [0.05, 0.1) is 5.70 Å². The molecule has 0 radical (unpaired) electrons. The highest BCUT2D eigenvalue weighted by molar-refractivity contribution is 6.15. The molecule has 1 aliphatic carbocycles. The molecule has 138 valence electrons. The maximum atomic E-state index is 13.4. The summed E-state index contributed by atoms with van der Waals surface area (Å²) in [7, 11) is 0. The van der Waals surface area contributed by atoms with Crippen LogP contribution in [0.4, 0.5) is 11.4 Å². The molecule has 1 heterocycles. The molecule has 2 aromatic carbocycles. The zero-order chi connectivity index (χ0) is 19.0. The zero-order valence-corrected chi connectivity index (χ0v) is 16.2. The third-order valence-corrected chi connectivity index (χ3v) is 5.60. The first-order valence-corrected chi connectivity index (χ1v) is 9.60. The van der Waals surface area contributed by atoms with Crippen LogP contribution >= 0.6 is 0 Å². The molecular weight excluding hydrogens is 332 g/mol. The second kappa shape index (κ2) is 6.73. The van der Waals surface area contributed by atoms with E-state index in [1.807, 2.05) is 65.6 Å². The summed E-state index contributed by atoms with van der Waals surface area (Å²) >= 11 is 0. The van der Waals surface area contributed by atoms with E-state index >= 15 is 0 Å². The van der Waals surface area contributed by atoms with E-state index in [-0.39, 0.29) is 11.3 Å². The van der Waals surface area contributed by atoms with Crippen molar-refractivity contribution in [3.63, 3.8) is 0 Å². The number of fused-ring (bicyclic) bond motifs is 1. The molecule has 0 saturated heterocycles. The van der Waals surface area contributed by atoms with Crippen molar-refractivity contribution in [1.82, 2.24) is 0 Å². The van der Waals surface area contributed by atoms with Crippen LogP contribution in [0.25, 0.3) is 0 Å². The van der Waals surface area contributed by atoms with Crippen molar-refractivity contribution in [1.29, 1.82) is 0 Å². The topological polar surface area (TPSA) is 32.3 Å². The monoisotopic (exact) mass is 358 g/mol. The van der Waals surface area contributed by atoms with Gasteiger partial charge < -0.3 is 5.32 Å². The number of hydrogen-bond acceptors (Lipinski definition) is 2. The molecule has 0 saturated carbocycles. The van der Waals surface area contributed by atoms with E-state index in [9.17, 15) is 4.79 Å². The Balaban J connectivity index is 1.77. The van der Waals surface area contributed by atoms with E-state index in [2.05, 4.69) is 32.2 Å². The Morgan fingerprint density at radius 2 is 1.59 bits per heavy atom. The van der Waals surface area contributed by atoms with Gasteiger partial charge in [-0.2, -0.15) is 0 Å². The predicted molar refractivity (Wildman–Crippen MR) is 111 cm³/mol. The van der Waals surface area contributed by atoms with Crippen LogP contribution in [-0.4, -0.2) is 5.91 Å². The molecule has 0 aromatic heterocycles. The fourth-order valence-corrected chi connectivity index (χ4v) is 3.91. The molecule has 4 rings (SSSR count). The normalized spacial score (nSPS) is 19.8. The van der Waals surface area contributed by atoms with Crippen molar-refractivity contribution >= 4 is 17.3 Å². The molecule has 27 heavy (non-hydrogen) atoms. The number of nitrogens with one attached hydrogen (secondary N) is 1. The molecular formula is C24H26N2O. The van der Waals surface area contributed by atoms with E-state index in [0.717, 1.165) is 35.5 Å². The molecule has 0 unspecified atom stereocenters. The molecule has 3 heteroatoms. The van der Waals surface area contributed by atoms with Gasteiger partial charge in [-0.15, -0.1) is 0 Å². The summed E-state index contributed by atoms with van der Waals surface area (Å²) in [4.78, 5) is 15.3. The van der Waals surface area contributed by atoms with Gasteiger partial charge in [0.1, 0.15) is 5.70 Å². The molecule has 2 aliphatic rings. The Hall–Kier alpha value is -2.81. The fourth-order valence-electron chi connectivity index (χ4n) is 3.91. The van der Waals surface area contributed by atoms with E-state index < -0.39 is 0 Å². The lowest BCUT2D eigenvalue weighted by molar-refractivity contribution is -0.114. The first-order chi connectivity index (χ1) is 12.9. The molecule has 3 nitrogen and oxygen atoms in total. The third kappa shape index (κ3) is 3.30. The molecule has 0 fully saturated rings. The van der Waals surface area contributed by atoms with Crippen LogP contribution in [0.15, 0.2) is 83.7 Å². The van der Waals surface area contributed by atoms with Gasteiger partial charge >= 0.3 is 0 Å². The minimum Gasteiger partial charge on any atom is -0.351 e. The largest absolute Gasteiger partial charge is 0.351 e. The number of anilines is 2. The number of amides is 1. The van der Waals surface area contributed by atoms with Crippen molar-refractivity contribution in [3.8, 4) is 0 Å². The van der Waals surface area contributed by atoms with E-state index in [1.54, 1.807) is 0 Å². The molecule has 1 aliphatic heterocycles. The van der Waals surface area contributed by atoms with Crippen LogP contribution < -0.4 is 10.2 Å². The van der Waals surface area contributed by atoms with Crippen molar-refractivity contribution < 1.29 is 4.79 Å². The smallest absolute Gasteiger partial charge is 0.279 e. The van der Waals surface area contributed by atoms with Gasteiger partial charge in [0.25, 0.3) is 5.91 Å². The average molecular weight is 358 g/mol. The molecule has 0 bridgehead atoms. The molecule has 1 atom stereocenters. The summed E-state index contributed by atoms with van der Waals surface area (Å²) in [6, 6.07) is 19.9. The SMILES string of the molecule is CC(C)(C)[C@@H]1CC=C2C(=C(Nc3ccccc3)C(=O)N2c2ccccc2)C1. The average Bonchev–Trinajstić information content (AvgIpc) is 2.94. The van der Waals surface area contributed by atoms with Gasteiger partial charge in [-0.05, 0) is 48.4 Å². The summed E-state index contributed by atoms with van der Waals surface area (Å²) in [6.45, 7) is 6.85. The quantitative estimate of drug-likeness (QED) is 0.759. The second-order valence-electron chi connectivity index (χ2n) is 8.41. The number of rotatable bonds is 3. The number of carbonyl (C=O) groups is 1. The van der Waals surface area contributed by atoms with Crippen LogP contribution in [0.3, 0.4) is 0 Å². The van der Waals surface area contributed by atoms with Crippen LogP contribution in [0.1, 0.15) is 33.6 Å². The summed E-state index contributed by atoms with van der Waals surface area (Å²) in [5.74, 6) is 0.549. The van der Waals surface area contributed by atoms with E-state index in [0.29, 0.717) is 11.6 Å². The number of para-hydroxylation sites is 2. The van der Waals surface area contributed by atoms with E-state index in [4.69, 9.17) is 0 Å². The summed E-state index contributed by atoms with van der Waals surface area (Å²) in [5.41, 5.74) is 4.97. The highest BCUT2D eigenvalue weighted by Gasteiger charge is 2.40. The van der Waals surface area contributed by atoms with Gasteiger partial charge in [0.15, 0.2) is 0 Å². The minimum absolute atomic E-state index is 0.0286. The first kappa shape index (κ1) is 17.6. The lowest BCUT2D eigenvalue weighted by atomic mass is 9.72. The van der Waals surface area contributed by atoms with Crippen LogP contribution in [0.5, 0.6) is 0 Å². The van der Waals surface area contributed by atoms with Gasteiger partial charge in [-0.25, -0.2) is 0 Å². The van der Waals surface area contributed by atoms with Gasteiger partial charge in [-0.1, -0.05) is 63.2 Å². The Labute approximate surface area is 161 Å². The van der Waals surface area contributed by atoms with Crippen molar-refractivity contribution in [3.05, 3.63) is 83.7 Å². The Bertz CT molecular complexity index is 904. The lowest BCUT2D eigenvalue weighted by Gasteiger charge is -2.34. The first-order valence-electron chi connectivity index (χ1n) is 9.60. The predicted octanol–water partition coefficient (Wildman–Crippen LogP) is 5.74. The second-order valence-corrected chi connectivity index (χ2v) is 8.41. The number of carbonyl (C=O) groups excluding carboxylic acids is 1. The Morgan fingerprint density at radius 1 is 0.963 bits per heavy atom. The van der Waals surface area contributed by atoms with Crippen molar-refractivity contribution in [2.45, 2.75) is 33.6 Å². The summed E-state index contributed by atoms with van der Waals surface area (Å²) < 4.78 is 0. The van der Waals surface area contributed by atoms with Crippen LogP contribution in [0, 0.1) is 11.3 Å². The molecule has 0 spiro atoms. The molecule has 2 aromatic rings. The molecule has 1 N–H and O–H groups in total. The van der Waals surface area contributed by atoms with Crippen LogP contribution in [0.2, 0.25) is 0 Å². The highest BCUT2D eigenvalue weighted by atomic mass is 16.2. The summed E-state index contributed by atoms with van der Waals surface area (Å²) in [5, 5.41) is 3.41. The third-order valence-electron chi connectivity index (χ3n) is 5.60. The highest BCUT2D eigenvalue weighted by Crippen LogP contribution is 2.46.